The maximum absolute atomic E-state index is 12.9. The summed E-state index contributed by atoms with van der Waals surface area (Å²) in [6.45, 7) is 0. The predicted molar refractivity (Wildman–Crippen MR) is 53.6 cm³/mol. The molecule has 1 aromatic rings. The van der Waals surface area contributed by atoms with E-state index in [0.717, 1.165) is 11.8 Å². The summed E-state index contributed by atoms with van der Waals surface area (Å²) in [4.78, 5) is 11.4. The van der Waals surface area contributed by atoms with Gasteiger partial charge in [-0.05, 0) is 12.1 Å². The monoisotopic (exact) mass is 215 g/mol. The second kappa shape index (κ2) is 4.85. The third-order valence-corrected chi connectivity index (χ3v) is 2.63. The van der Waals surface area contributed by atoms with Gasteiger partial charge in [0, 0.05) is 4.90 Å². The van der Waals surface area contributed by atoms with Crippen molar-refractivity contribution in [3.63, 3.8) is 0 Å². The van der Waals surface area contributed by atoms with Crippen molar-refractivity contribution in [2.75, 3.05) is 18.6 Å². The molecule has 0 aliphatic heterocycles. The first kappa shape index (κ1) is 10.8. The minimum atomic E-state index is -0.472. The average Bonchev–Trinajstić information content (AvgIpc) is 2.20. The molecule has 5 heteroatoms. The van der Waals surface area contributed by atoms with Crippen LogP contribution in [0.4, 0.5) is 10.1 Å². The molecule has 0 radical (unpaired) electrons. The number of methoxy groups -OCH3 is 1. The highest BCUT2D eigenvalue weighted by Crippen LogP contribution is 2.26. The third-order valence-electron chi connectivity index (χ3n) is 1.59. The molecule has 0 fully saturated rings. The molecule has 0 saturated carbocycles. The van der Waals surface area contributed by atoms with E-state index in [1.165, 1.54) is 13.2 Å². The van der Waals surface area contributed by atoms with Gasteiger partial charge in [0.15, 0.2) is 0 Å². The number of nitrogens with two attached hydrogens (primary N) is 1. The molecular weight excluding hydrogens is 205 g/mol. The van der Waals surface area contributed by atoms with Crippen molar-refractivity contribution in [2.24, 2.45) is 0 Å². The van der Waals surface area contributed by atoms with Gasteiger partial charge in [0.05, 0.1) is 18.6 Å². The van der Waals surface area contributed by atoms with Gasteiger partial charge in [0.1, 0.15) is 5.82 Å². The zero-order valence-electron chi connectivity index (χ0n) is 7.62. The number of para-hydroxylation sites is 1. The second-order valence-corrected chi connectivity index (χ2v) is 3.53. The summed E-state index contributed by atoms with van der Waals surface area (Å²) in [6.07, 6.45) is 0. The van der Waals surface area contributed by atoms with E-state index in [-0.39, 0.29) is 17.4 Å². The van der Waals surface area contributed by atoms with Crippen LogP contribution in [0.15, 0.2) is 23.1 Å². The number of anilines is 1. The Morgan fingerprint density at radius 2 is 2.36 bits per heavy atom. The van der Waals surface area contributed by atoms with Gasteiger partial charge in [-0.2, -0.15) is 0 Å². The van der Waals surface area contributed by atoms with Crippen LogP contribution < -0.4 is 5.73 Å². The van der Waals surface area contributed by atoms with Gasteiger partial charge in [-0.1, -0.05) is 6.07 Å². The Kier molecular flexibility index (Phi) is 3.76. The van der Waals surface area contributed by atoms with Gasteiger partial charge in [-0.3, -0.25) is 4.79 Å². The Morgan fingerprint density at radius 3 is 3.00 bits per heavy atom. The fraction of sp³-hybridized carbons (Fsp3) is 0.222. The Hall–Kier alpha value is -1.23. The first-order valence-corrected chi connectivity index (χ1v) is 4.87. The van der Waals surface area contributed by atoms with Crippen molar-refractivity contribution in [3.05, 3.63) is 24.0 Å². The van der Waals surface area contributed by atoms with Crippen LogP contribution in [0, 0.1) is 5.82 Å². The summed E-state index contributed by atoms with van der Waals surface area (Å²) in [5, 5.41) is 0. The van der Waals surface area contributed by atoms with E-state index >= 15 is 0 Å². The van der Waals surface area contributed by atoms with Crippen LogP contribution in [-0.2, 0) is 9.53 Å². The quantitative estimate of drug-likeness (QED) is 0.473. The number of rotatable bonds is 3. The van der Waals surface area contributed by atoms with Gasteiger partial charge in [-0.25, -0.2) is 4.39 Å². The lowest BCUT2D eigenvalue weighted by molar-refractivity contribution is -0.137. The van der Waals surface area contributed by atoms with Gasteiger partial charge >= 0.3 is 5.97 Å². The van der Waals surface area contributed by atoms with Gasteiger partial charge in [0.2, 0.25) is 0 Å². The van der Waals surface area contributed by atoms with E-state index in [1.54, 1.807) is 12.1 Å². The van der Waals surface area contributed by atoms with Gasteiger partial charge < -0.3 is 10.5 Å². The number of carbonyl (C=O) groups excluding carboxylic acids is 1. The molecule has 0 spiro atoms. The summed E-state index contributed by atoms with van der Waals surface area (Å²) in [6, 6.07) is 4.48. The van der Waals surface area contributed by atoms with Crippen LogP contribution in [-0.4, -0.2) is 18.8 Å². The Morgan fingerprint density at radius 1 is 1.64 bits per heavy atom. The first-order chi connectivity index (χ1) is 6.65. The lowest BCUT2D eigenvalue weighted by Gasteiger charge is -2.04. The molecule has 3 nitrogen and oxygen atoms in total. The van der Waals surface area contributed by atoms with Crippen LogP contribution >= 0.6 is 11.8 Å². The Labute approximate surface area is 85.4 Å². The molecule has 76 valence electrons. The molecule has 0 heterocycles. The number of carbonyl (C=O) groups is 1. The normalized spacial score (nSPS) is 9.86. The molecule has 0 unspecified atom stereocenters. The third kappa shape index (κ3) is 2.63. The summed E-state index contributed by atoms with van der Waals surface area (Å²) in [5.41, 5.74) is 5.53. The van der Waals surface area contributed by atoms with E-state index < -0.39 is 5.82 Å². The standard InChI is InChI=1S/C9H10FNO2S/c1-13-8(12)5-14-7-4-2-3-6(10)9(7)11/h2-4H,5,11H2,1H3. The average molecular weight is 215 g/mol. The van der Waals surface area contributed by atoms with E-state index in [0.29, 0.717) is 4.90 Å². The van der Waals surface area contributed by atoms with Crippen LogP contribution in [0.2, 0.25) is 0 Å². The van der Waals surface area contributed by atoms with Crippen LogP contribution in [0.3, 0.4) is 0 Å². The molecular formula is C9H10FNO2S. The highest BCUT2D eigenvalue weighted by molar-refractivity contribution is 8.00. The molecule has 0 aromatic heterocycles. The number of nitrogen functional groups attached to an aromatic ring is 1. The highest BCUT2D eigenvalue weighted by atomic mass is 32.2. The van der Waals surface area contributed by atoms with Crippen LogP contribution in [0.1, 0.15) is 0 Å². The van der Waals surface area contributed by atoms with Crippen molar-refractivity contribution in [1.29, 1.82) is 0 Å². The van der Waals surface area contributed by atoms with E-state index in [9.17, 15) is 9.18 Å². The fourth-order valence-electron chi connectivity index (χ4n) is 0.839. The van der Waals surface area contributed by atoms with Crippen LogP contribution in [0.5, 0.6) is 0 Å². The lowest BCUT2D eigenvalue weighted by Crippen LogP contribution is -2.03. The number of hydrogen-bond donors (Lipinski definition) is 1. The van der Waals surface area contributed by atoms with Crippen LogP contribution in [0.25, 0.3) is 0 Å². The molecule has 1 rings (SSSR count). The summed E-state index contributed by atoms with van der Waals surface area (Å²) >= 11 is 1.15. The number of ether oxygens (including phenoxy) is 1. The largest absolute Gasteiger partial charge is 0.468 e. The smallest absolute Gasteiger partial charge is 0.315 e. The fourth-order valence-corrected chi connectivity index (χ4v) is 1.66. The van der Waals surface area contributed by atoms with Crippen molar-refractivity contribution in [1.82, 2.24) is 0 Å². The number of thioether (sulfide) groups is 1. The van der Waals surface area contributed by atoms with Crippen molar-refractivity contribution >= 4 is 23.4 Å². The molecule has 1 aromatic carbocycles. The van der Waals surface area contributed by atoms with Gasteiger partial charge in [-0.15, -0.1) is 11.8 Å². The summed E-state index contributed by atoms with van der Waals surface area (Å²) in [7, 11) is 1.30. The minimum Gasteiger partial charge on any atom is -0.468 e. The van der Waals surface area contributed by atoms with Crippen molar-refractivity contribution in [2.45, 2.75) is 4.90 Å². The zero-order chi connectivity index (χ0) is 10.6. The number of benzene rings is 1. The second-order valence-electron chi connectivity index (χ2n) is 2.52. The molecule has 0 saturated heterocycles. The number of esters is 1. The maximum atomic E-state index is 12.9. The maximum Gasteiger partial charge on any atom is 0.315 e. The predicted octanol–water partition coefficient (Wildman–Crippen LogP) is 1.67. The lowest BCUT2D eigenvalue weighted by atomic mass is 10.3. The van der Waals surface area contributed by atoms with Crippen molar-refractivity contribution < 1.29 is 13.9 Å². The Balaban J connectivity index is 2.68. The molecule has 0 bridgehead atoms. The minimum absolute atomic E-state index is 0.0707. The number of hydrogen-bond acceptors (Lipinski definition) is 4. The molecule has 0 aliphatic carbocycles. The SMILES string of the molecule is COC(=O)CSc1cccc(F)c1N. The molecule has 0 aliphatic rings. The van der Waals surface area contributed by atoms with E-state index in [1.807, 2.05) is 0 Å². The first-order valence-electron chi connectivity index (χ1n) is 3.88. The summed E-state index contributed by atoms with van der Waals surface area (Å²) in [5.74, 6) is -0.706. The van der Waals surface area contributed by atoms with Crippen molar-refractivity contribution in [3.8, 4) is 0 Å². The molecule has 2 N–H and O–H groups in total. The van der Waals surface area contributed by atoms with Gasteiger partial charge in [0.25, 0.3) is 0 Å². The molecule has 0 amide bonds. The summed E-state index contributed by atoms with van der Waals surface area (Å²) < 4.78 is 17.4. The number of halogens is 1. The van der Waals surface area contributed by atoms with E-state index in [2.05, 4.69) is 4.74 Å². The highest BCUT2D eigenvalue weighted by Gasteiger charge is 2.07. The topological polar surface area (TPSA) is 52.3 Å². The molecule has 14 heavy (non-hydrogen) atoms. The zero-order valence-corrected chi connectivity index (χ0v) is 8.44. The Bertz CT molecular complexity index is 344. The molecule has 0 atom stereocenters. The van der Waals surface area contributed by atoms with E-state index in [4.69, 9.17) is 5.73 Å².